The zero-order chi connectivity index (χ0) is 14.0. The molecule has 0 amide bonds. The zero-order valence-electron chi connectivity index (χ0n) is 11.4. The first kappa shape index (κ1) is 14.2. The SMILES string of the molecule is CC(C)CCN(c1cccc(Cl)c1C(=O)O)C1CC1. The summed E-state index contributed by atoms with van der Waals surface area (Å²) in [5.41, 5.74) is 1.00. The van der Waals surface area contributed by atoms with Crippen LogP contribution in [-0.4, -0.2) is 23.7 Å². The van der Waals surface area contributed by atoms with Gasteiger partial charge in [0, 0.05) is 12.6 Å². The molecule has 1 N–H and O–H groups in total. The molecule has 0 atom stereocenters. The Morgan fingerprint density at radius 2 is 2.16 bits per heavy atom. The Bertz CT molecular complexity index is 469. The number of benzene rings is 1. The first-order valence-electron chi connectivity index (χ1n) is 6.79. The number of nitrogens with zero attached hydrogens (tertiary/aromatic N) is 1. The van der Waals surface area contributed by atoms with Gasteiger partial charge in [-0.3, -0.25) is 0 Å². The van der Waals surface area contributed by atoms with Crippen LogP contribution in [0.15, 0.2) is 18.2 Å². The smallest absolute Gasteiger partial charge is 0.339 e. The summed E-state index contributed by atoms with van der Waals surface area (Å²) < 4.78 is 0. The third-order valence-electron chi connectivity index (χ3n) is 3.45. The maximum Gasteiger partial charge on any atom is 0.339 e. The van der Waals surface area contributed by atoms with Crippen molar-refractivity contribution in [2.75, 3.05) is 11.4 Å². The molecular formula is C15H20ClNO2. The van der Waals surface area contributed by atoms with Crippen LogP contribution in [0.1, 0.15) is 43.5 Å². The predicted molar refractivity (Wildman–Crippen MR) is 78.2 cm³/mol. The number of hydrogen-bond donors (Lipinski definition) is 1. The number of anilines is 1. The van der Waals surface area contributed by atoms with Gasteiger partial charge in [-0.1, -0.05) is 31.5 Å². The van der Waals surface area contributed by atoms with Crippen molar-refractivity contribution in [2.45, 2.75) is 39.2 Å². The number of halogens is 1. The molecule has 0 aromatic heterocycles. The van der Waals surface area contributed by atoms with E-state index in [0.717, 1.165) is 31.5 Å². The van der Waals surface area contributed by atoms with E-state index >= 15 is 0 Å². The summed E-state index contributed by atoms with van der Waals surface area (Å²) in [6, 6.07) is 5.82. The minimum atomic E-state index is -0.948. The Labute approximate surface area is 119 Å². The highest BCUT2D eigenvalue weighted by Crippen LogP contribution is 2.36. The zero-order valence-corrected chi connectivity index (χ0v) is 12.2. The van der Waals surface area contributed by atoms with Gasteiger partial charge in [-0.15, -0.1) is 0 Å². The van der Waals surface area contributed by atoms with Crippen molar-refractivity contribution in [1.82, 2.24) is 0 Å². The molecule has 2 rings (SSSR count). The van der Waals surface area contributed by atoms with Crippen LogP contribution in [0.25, 0.3) is 0 Å². The Morgan fingerprint density at radius 1 is 1.47 bits per heavy atom. The summed E-state index contributed by atoms with van der Waals surface area (Å²) in [6.45, 7) is 5.26. The predicted octanol–water partition coefficient (Wildman–Crippen LogP) is 4.05. The van der Waals surface area contributed by atoms with Crippen LogP contribution in [0.4, 0.5) is 5.69 Å². The van der Waals surface area contributed by atoms with Gasteiger partial charge >= 0.3 is 5.97 Å². The molecule has 0 saturated heterocycles. The first-order chi connectivity index (χ1) is 9.00. The highest BCUT2D eigenvalue weighted by molar-refractivity contribution is 6.34. The van der Waals surface area contributed by atoms with Crippen LogP contribution < -0.4 is 4.90 Å². The van der Waals surface area contributed by atoms with Gasteiger partial charge in [0.2, 0.25) is 0 Å². The minimum absolute atomic E-state index is 0.236. The van der Waals surface area contributed by atoms with Crippen LogP contribution in [0.5, 0.6) is 0 Å². The van der Waals surface area contributed by atoms with E-state index in [2.05, 4.69) is 18.7 Å². The summed E-state index contributed by atoms with van der Waals surface area (Å²) in [4.78, 5) is 13.6. The van der Waals surface area contributed by atoms with Gasteiger partial charge in [0.1, 0.15) is 5.56 Å². The van der Waals surface area contributed by atoms with Crippen LogP contribution in [-0.2, 0) is 0 Å². The summed E-state index contributed by atoms with van der Waals surface area (Å²) >= 11 is 6.05. The monoisotopic (exact) mass is 281 g/mol. The van der Waals surface area contributed by atoms with Crippen molar-refractivity contribution < 1.29 is 9.90 Å². The molecule has 0 bridgehead atoms. The molecule has 0 aliphatic heterocycles. The summed E-state index contributed by atoms with van der Waals surface area (Å²) in [5.74, 6) is -0.343. The van der Waals surface area contributed by atoms with Crippen molar-refractivity contribution in [3.05, 3.63) is 28.8 Å². The Hall–Kier alpha value is -1.22. The molecule has 4 heteroatoms. The lowest BCUT2D eigenvalue weighted by atomic mass is 10.1. The van der Waals surface area contributed by atoms with E-state index in [1.165, 1.54) is 0 Å². The van der Waals surface area contributed by atoms with E-state index in [0.29, 0.717) is 17.0 Å². The third kappa shape index (κ3) is 3.41. The number of aromatic carboxylic acids is 1. The molecule has 1 fully saturated rings. The van der Waals surface area contributed by atoms with E-state index < -0.39 is 5.97 Å². The van der Waals surface area contributed by atoms with Crippen molar-refractivity contribution in [2.24, 2.45) is 5.92 Å². The lowest BCUT2D eigenvalue weighted by Gasteiger charge is -2.27. The number of carbonyl (C=O) groups is 1. The molecule has 1 aliphatic rings. The molecular weight excluding hydrogens is 262 g/mol. The summed E-state index contributed by atoms with van der Waals surface area (Å²) in [7, 11) is 0. The normalized spacial score (nSPS) is 14.7. The van der Waals surface area contributed by atoms with Gasteiger partial charge in [-0.05, 0) is 37.3 Å². The van der Waals surface area contributed by atoms with Crippen molar-refractivity contribution in [3.8, 4) is 0 Å². The highest BCUT2D eigenvalue weighted by atomic mass is 35.5. The fourth-order valence-corrected chi connectivity index (χ4v) is 2.50. The number of carboxylic acid groups (broad SMARTS) is 1. The molecule has 1 aromatic rings. The number of hydrogen-bond acceptors (Lipinski definition) is 2. The average molecular weight is 282 g/mol. The molecule has 19 heavy (non-hydrogen) atoms. The van der Waals surface area contributed by atoms with Crippen molar-refractivity contribution in [3.63, 3.8) is 0 Å². The molecule has 0 radical (unpaired) electrons. The third-order valence-corrected chi connectivity index (χ3v) is 3.76. The van der Waals surface area contributed by atoms with E-state index in [1.807, 2.05) is 12.1 Å². The van der Waals surface area contributed by atoms with Gasteiger partial charge in [0.05, 0.1) is 10.7 Å². The molecule has 1 aliphatic carbocycles. The lowest BCUT2D eigenvalue weighted by molar-refractivity contribution is 0.0697. The van der Waals surface area contributed by atoms with E-state index in [1.54, 1.807) is 6.07 Å². The minimum Gasteiger partial charge on any atom is -0.478 e. The molecule has 1 saturated carbocycles. The van der Waals surface area contributed by atoms with Crippen LogP contribution in [0, 0.1) is 5.92 Å². The van der Waals surface area contributed by atoms with Gasteiger partial charge in [-0.2, -0.15) is 0 Å². The van der Waals surface area contributed by atoms with Crippen LogP contribution in [0.2, 0.25) is 5.02 Å². The number of rotatable bonds is 6. The summed E-state index contributed by atoms with van der Waals surface area (Å²) in [6.07, 6.45) is 3.34. The van der Waals surface area contributed by atoms with Crippen LogP contribution >= 0.6 is 11.6 Å². The fourth-order valence-electron chi connectivity index (χ4n) is 2.25. The molecule has 0 heterocycles. The van der Waals surface area contributed by atoms with E-state index in [-0.39, 0.29) is 5.56 Å². The van der Waals surface area contributed by atoms with E-state index in [9.17, 15) is 9.90 Å². The Morgan fingerprint density at radius 3 is 2.68 bits per heavy atom. The highest BCUT2D eigenvalue weighted by Gasteiger charge is 2.31. The standard InChI is InChI=1S/C15H20ClNO2/c1-10(2)8-9-17(11-6-7-11)13-5-3-4-12(16)14(13)15(18)19/h3-5,10-11H,6-9H2,1-2H3,(H,18,19). The molecule has 0 unspecified atom stereocenters. The second-order valence-electron chi connectivity index (χ2n) is 5.55. The quantitative estimate of drug-likeness (QED) is 0.855. The number of carboxylic acids is 1. The van der Waals surface area contributed by atoms with E-state index in [4.69, 9.17) is 11.6 Å². The lowest BCUT2D eigenvalue weighted by Crippen LogP contribution is -2.29. The van der Waals surface area contributed by atoms with Crippen molar-refractivity contribution in [1.29, 1.82) is 0 Å². The van der Waals surface area contributed by atoms with Crippen molar-refractivity contribution >= 4 is 23.3 Å². The first-order valence-corrected chi connectivity index (χ1v) is 7.17. The van der Waals surface area contributed by atoms with Gasteiger partial charge in [-0.25, -0.2) is 4.79 Å². The summed E-state index contributed by atoms with van der Waals surface area (Å²) in [5, 5.41) is 9.68. The van der Waals surface area contributed by atoms with Gasteiger partial charge in [0.15, 0.2) is 0 Å². The maximum absolute atomic E-state index is 11.4. The van der Waals surface area contributed by atoms with Gasteiger partial charge in [0.25, 0.3) is 0 Å². The van der Waals surface area contributed by atoms with Crippen LogP contribution in [0.3, 0.4) is 0 Å². The molecule has 0 spiro atoms. The maximum atomic E-state index is 11.4. The molecule has 104 valence electrons. The molecule has 3 nitrogen and oxygen atoms in total. The Kier molecular flexibility index (Phi) is 4.35. The average Bonchev–Trinajstić information content (AvgIpc) is 3.12. The fraction of sp³-hybridized carbons (Fsp3) is 0.533. The topological polar surface area (TPSA) is 40.5 Å². The second-order valence-corrected chi connectivity index (χ2v) is 5.95. The Balaban J connectivity index is 2.31. The second kappa shape index (κ2) is 5.83. The largest absolute Gasteiger partial charge is 0.478 e. The molecule has 1 aromatic carbocycles. The van der Waals surface area contributed by atoms with Gasteiger partial charge < -0.3 is 10.0 Å².